The number of para-hydroxylation sites is 1. The fourth-order valence-corrected chi connectivity index (χ4v) is 2.38. The number of hydrogen-bond donors (Lipinski definition) is 1. The predicted molar refractivity (Wildman–Crippen MR) is 81.9 cm³/mol. The molecule has 0 heterocycles. The van der Waals surface area contributed by atoms with E-state index in [0.29, 0.717) is 16.9 Å². The predicted octanol–water partition coefficient (Wildman–Crippen LogP) is 4.06. The van der Waals surface area contributed by atoms with Crippen molar-refractivity contribution in [2.75, 3.05) is 0 Å². The quantitative estimate of drug-likeness (QED) is 0.899. The lowest BCUT2D eigenvalue weighted by atomic mass is 9.88. The molecule has 112 valence electrons. The van der Waals surface area contributed by atoms with Gasteiger partial charge in [-0.3, -0.25) is 0 Å². The van der Waals surface area contributed by atoms with Crippen molar-refractivity contribution in [2.45, 2.75) is 38.9 Å². The summed E-state index contributed by atoms with van der Waals surface area (Å²) in [5, 5.41) is 10.8. The molecule has 2 nitrogen and oxygen atoms in total. The van der Waals surface area contributed by atoms with Crippen molar-refractivity contribution in [1.29, 1.82) is 0 Å². The number of aliphatic hydroxyl groups is 1. The van der Waals surface area contributed by atoms with Crippen LogP contribution < -0.4 is 4.74 Å². The summed E-state index contributed by atoms with van der Waals surface area (Å²) >= 11 is 0. The van der Waals surface area contributed by atoms with E-state index in [9.17, 15) is 9.50 Å². The molecule has 0 aliphatic rings. The van der Waals surface area contributed by atoms with E-state index in [1.165, 1.54) is 6.07 Å². The standard InChI is InChI=1S/C18H21FO2/c1-13(2)21-17-11-7-5-9-15(17)18(3,20)12-14-8-4-6-10-16(14)19/h4-11,13,20H,12H2,1-3H3. The van der Waals surface area contributed by atoms with Gasteiger partial charge in [0.15, 0.2) is 0 Å². The van der Waals surface area contributed by atoms with Crippen molar-refractivity contribution < 1.29 is 14.2 Å². The van der Waals surface area contributed by atoms with E-state index in [0.717, 1.165) is 0 Å². The maximum Gasteiger partial charge on any atom is 0.126 e. The highest BCUT2D eigenvalue weighted by Crippen LogP contribution is 2.33. The second kappa shape index (κ2) is 6.27. The molecule has 1 atom stereocenters. The Bertz CT molecular complexity index is 606. The normalized spacial score (nSPS) is 14.0. The minimum absolute atomic E-state index is 0.00964. The van der Waals surface area contributed by atoms with Crippen LogP contribution in [0.1, 0.15) is 31.9 Å². The molecule has 0 bridgehead atoms. The molecule has 3 heteroatoms. The highest BCUT2D eigenvalue weighted by atomic mass is 19.1. The third-order valence-corrected chi connectivity index (χ3v) is 3.32. The van der Waals surface area contributed by atoms with Gasteiger partial charge in [-0.05, 0) is 38.5 Å². The average Bonchev–Trinajstić information content (AvgIpc) is 2.41. The van der Waals surface area contributed by atoms with Gasteiger partial charge in [0.05, 0.1) is 11.7 Å². The fraction of sp³-hybridized carbons (Fsp3) is 0.333. The summed E-state index contributed by atoms with van der Waals surface area (Å²) in [4.78, 5) is 0. The van der Waals surface area contributed by atoms with Gasteiger partial charge in [-0.2, -0.15) is 0 Å². The van der Waals surface area contributed by atoms with Crippen molar-refractivity contribution >= 4 is 0 Å². The molecule has 0 saturated heterocycles. The molecule has 0 spiro atoms. The van der Waals surface area contributed by atoms with E-state index in [2.05, 4.69) is 0 Å². The van der Waals surface area contributed by atoms with Crippen LogP contribution in [0.25, 0.3) is 0 Å². The van der Waals surface area contributed by atoms with Gasteiger partial charge in [-0.1, -0.05) is 36.4 Å². The second-order valence-corrected chi connectivity index (χ2v) is 5.70. The van der Waals surface area contributed by atoms with E-state index in [1.54, 1.807) is 25.1 Å². The van der Waals surface area contributed by atoms with E-state index in [1.807, 2.05) is 38.1 Å². The Kier molecular flexibility index (Phi) is 4.63. The topological polar surface area (TPSA) is 29.5 Å². The molecule has 2 rings (SSSR count). The van der Waals surface area contributed by atoms with E-state index in [-0.39, 0.29) is 18.3 Å². The van der Waals surface area contributed by atoms with Crippen LogP contribution in [0.15, 0.2) is 48.5 Å². The first-order chi connectivity index (χ1) is 9.90. The highest BCUT2D eigenvalue weighted by molar-refractivity contribution is 5.39. The zero-order valence-electron chi connectivity index (χ0n) is 12.6. The Morgan fingerprint density at radius 1 is 1.10 bits per heavy atom. The molecule has 1 N–H and O–H groups in total. The molecule has 2 aromatic rings. The van der Waals surface area contributed by atoms with Crippen LogP contribution in [-0.2, 0) is 12.0 Å². The van der Waals surface area contributed by atoms with Crippen molar-refractivity contribution in [1.82, 2.24) is 0 Å². The first-order valence-electron chi connectivity index (χ1n) is 7.12. The van der Waals surface area contributed by atoms with E-state index < -0.39 is 5.60 Å². The molecule has 0 aliphatic heterocycles. The molecule has 0 aromatic heterocycles. The van der Waals surface area contributed by atoms with Crippen molar-refractivity contribution in [3.63, 3.8) is 0 Å². The zero-order valence-corrected chi connectivity index (χ0v) is 12.6. The van der Waals surface area contributed by atoms with Gasteiger partial charge in [0.25, 0.3) is 0 Å². The smallest absolute Gasteiger partial charge is 0.126 e. The zero-order chi connectivity index (χ0) is 15.5. The van der Waals surface area contributed by atoms with Crippen LogP contribution >= 0.6 is 0 Å². The molecule has 21 heavy (non-hydrogen) atoms. The summed E-state index contributed by atoms with van der Waals surface area (Å²) in [7, 11) is 0. The Balaban J connectivity index is 2.33. The number of benzene rings is 2. The molecule has 0 aliphatic carbocycles. The fourth-order valence-electron chi connectivity index (χ4n) is 2.38. The van der Waals surface area contributed by atoms with Crippen LogP contribution in [0, 0.1) is 5.82 Å². The Hall–Kier alpha value is -1.87. The van der Waals surface area contributed by atoms with Gasteiger partial charge in [-0.25, -0.2) is 4.39 Å². The molecule has 2 aromatic carbocycles. The summed E-state index contributed by atoms with van der Waals surface area (Å²) in [6, 6.07) is 13.9. The maximum atomic E-state index is 13.8. The van der Waals surface area contributed by atoms with Crippen molar-refractivity contribution in [3.8, 4) is 5.75 Å². The van der Waals surface area contributed by atoms with Gasteiger partial charge >= 0.3 is 0 Å². The summed E-state index contributed by atoms with van der Waals surface area (Å²) < 4.78 is 19.5. The minimum Gasteiger partial charge on any atom is -0.491 e. The Morgan fingerprint density at radius 3 is 2.38 bits per heavy atom. The molecule has 0 fully saturated rings. The monoisotopic (exact) mass is 288 g/mol. The van der Waals surface area contributed by atoms with Crippen LogP contribution in [-0.4, -0.2) is 11.2 Å². The second-order valence-electron chi connectivity index (χ2n) is 5.70. The summed E-state index contributed by atoms with van der Waals surface area (Å²) in [5.74, 6) is 0.328. The first kappa shape index (κ1) is 15.5. The SMILES string of the molecule is CC(C)Oc1ccccc1C(C)(O)Cc1ccccc1F. The van der Waals surface area contributed by atoms with E-state index in [4.69, 9.17) is 4.74 Å². The Morgan fingerprint density at radius 2 is 1.71 bits per heavy atom. The lowest BCUT2D eigenvalue weighted by Crippen LogP contribution is -2.26. The summed E-state index contributed by atoms with van der Waals surface area (Å²) in [6.45, 7) is 5.55. The van der Waals surface area contributed by atoms with Crippen LogP contribution in [0.2, 0.25) is 0 Å². The molecule has 1 unspecified atom stereocenters. The molecule has 0 saturated carbocycles. The van der Waals surface area contributed by atoms with Gasteiger partial charge < -0.3 is 9.84 Å². The van der Waals surface area contributed by atoms with Crippen LogP contribution in [0.4, 0.5) is 4.39 Å². The molecular weight excluding hydrogens is 267 g/mol. The third-order valence-electron chi connectivity index (χ3n) is 3.32. The highest BCUT2D eigenvalue weighted by Gasteiger charge is 2.28. The molecular formula is C18H21FO2. The number of ether oxygens (including phenoxy) is 1. The lowest BCUT2D eigenvalue weighted by Gasteiger charge is -2.27. The van der Waals surface area contributed by atoms with Gasteiger partial charge in [0.2, 0.25) is 0 Å². The summed E-state index contributed by atoms with van der Waals surface area (Å²) in [5.41, 5.74) is -0.0444. The third kappa shape index (κ3) is 3.82. The summed E-state index contributed by atoms with van der Waals surface area (Å²) in [6.07, 6.45) is 0.202. The Labute approximate surface area is 125 Å². The molecule has 0 amide bonds. The number of halogens is 1. The minimum atomic E-state index is -1.20. The van der Waals surface area contributed by atoms with Crippen LogP contribution in [0.3, 0.4) is 0 Å². The largest absolute Gasteiger partial charge is 0.491 e. The van der Waals surface area contributed by atoms with Gasteiger partial charge in [-0.15, -0.1) is 0 Å². The number of rotatable bonds is 5. The first-order valence-corrected chi connectivity index (χ1v) is 7.12. The lowest BCUT2D eigenvalue weighted by molar-refractivity contribution is 0.0521. The van der Waals surface area contributed by atoms with E-state index >= 15 is 0 Å². The number of hydrogen-bond acceptors (Lipinski definition) is 2. The average molecular weight is 288 g/mol. The maximum absolute atomic E-state index is 13.8. The van der Waals surface area contributed by atoms with Gasteiger partial charge in [0.1, 0.15) is 11.6 Å². The van der Waals surface area contributed by atoms with Crippen molar-refractivity contribution in [3.05, 3.63) is 65.5 Å². The molecule has 0 radical (unpaired) electrons. The van der Waals surface area contributed by atoms with Crippen molar-refractivity contribution in [2.24, 2.45) is 0 Å². The van der Waals surface area contributed by atoms with Gasteiger partial charge in [0, 0.05) is 12.0 Å². The van der Waals surface area contributed by atoms with Crippen LogP contribution in [0.5, 0.6) is 5.75 Å².